The summed E-state index contributed by atoms with van der Waals surface area (Å²) in [4.78, 5) is 5.24. The van der Waals surface area contributed by atoms with Crippen LogP contribution < -0.4 is 5.73 Å². The maximum atomic E-state index is 5.98. The minimum absolute atomic E-state index is 0.639. The Bertz CT molecular complexity index is 250. The van der Waals surface area contributed by atoms with E-state index >= 15 is 0 Å². The first-order valence-electron chi connectivity index (χ1n) is 7.79. The van der Waals surface area contributed by atoms with E-state index in [0.29, 0.717) is 12.1 Å². The highest BCUT2D eigenvalue weighted by atomic mass is 15.2. The van der Waals surface area contributed by atoms with Crippen molar-refractivity contribution in [3.8, 4) is 0 Å². The van der Waals surface area contributed by atoms with Crippen LogP contribution in [0.25, 0.3) is 0 Å². The fourth-order valence-corrected chi connectivity index (χ4v) is 3.47. The van der Waals surface area contributed by atoms with Crippen LogP contribution in [0.2, 0.25) is 0 Å². The van der Waals surface area contributed by atoms with E-state index in [0.717, 1.165) is 18.5 Å². The van der Waals surface area contributed by atoms with Gasteiger partial charge in [-0.05, 0) is 72.0 Å². The second-order valence-corrected chi connectivity index (χ2v) is 6.52. The Hall–Kier alpha value is -0.120. The quantitative estimate of drug-likeness (QED) is 0.812. The first kappa shape index (κ1) is 14.3. The molecule has 0 spiro atoms. The largest absolute Gasteiger partial charge is 0.329 e. The SMILES string of the molecule is CC(C)N1CCCC(N(C)C(CN)C2CC2)CC1. The van der Waals surface area contributed by atoms with Crippen molar-refractivity contribution in [3.05, 3.63) is 0 Å². The zero-order valence-corrected chi connectivity index (χ0v) is 12.4. The zero-order chi connectivity index (χ0) is 13.1. The minimum atomic E-state index is 0.639. The Labute approximate surface area is 113 Å². The van der Waals surface area contributed by atoms with Gasteiger partial charge in [-0.15, -0.1) is 0 Å². The highest BCUT2D eigenvalue weighted by molar-refractivity contribution is 4.91. The van der Waals surface area contributed by atoms with E-state index in [1.807, 2.05) is 0 Å². The van der Waals surface area contributed by atoms with Gasteiger partial charge in [0, 0.05) is 24.7 Å². The summed E-state index contributed by atoms with van der Waals surface area (Å²) in [5.41, 5.74) is 5.98. The zero-order valence-electron chi connectivity index (χ0n) is 12.4. The van der Waals surface area contributed by atoms with Crippen molar-refractivity contribution < 1.29 is 0 Å². The van der Waals surface area contributed by atoms with Gasteiger partial charge in [-0.1, -0.05) is 0 Å². The molecule has 18 heavy (non-hydrogen) atoms. The number of hydrogen-bond donors (Lipinski definition) is 1. The summed E-state index contributed by atoms with van der Waals surface area (Å²) in [6.45, 7) is 8.01. The molecule has 0 bridgehead atoms. The standard InChI is InChI=1S/C15H31N3/c1-12(2)18-9-4-5-14(8-10-18)17(3)15(11-16)13-6-7-13/h12-15H,4-11,16H2,1-3H3. The van der Waals surface area contributed by atoms with Gasteiger partial charge in [-0.3, -0.25) is 4.90 Å². The summed E-state index contributed by atoms with van der Waals surface area (Å²) in [7, 11) is 2.31. The summed E-state index contributed by atoms with van der Waals surface area (Å²) in [5, 5.41) is 0. The molecule has 2 atom stereocenters. The van der Waals surface area contributed by atoms with Crippen molar-refractivity contribution in [1.82, 2.24) is 9.80 Å². The van der Waals surface area contributed by atoms with E-state index in [4.69, 9.17) is 5.73 Å². The van der Waals surface area contributed by atoms with Gasteiger partial charge < -0.3 is 10.6 Å². The summed E-state index contributed by atoms with van der Waals surface area (Å²) >= 11 is 0. The molecule has 2 unspecified atom stereocenters. The van der Waals surface area contributed by atoms with Crippen molar-refractivity contribution in [1.29, 1.82) is 0 Å². The van der Waals surface area contributed by atoms with Crippen LogP contribution in [0.5, 0.6) is 0 Å². The van der Waals surface area contributed by atoms with Crippen LogP contribution in [-0.4, -0.2) is 54.6 Å². The summed E-state index contributed by atoms with van der Waals surface area (Å²) < 4.78 is 0. The molecular weight excluding hydrogens is 222 g/mol. The van der Waals surface area contributed by atoms with Crippen molar-refractivity contribution in [2.24, 2.45) is 11.7 Å². The second kappa shape index (κ2) is 6.36. The van der Waals surface area contributed by atoms with Crippen LogP contribution in [-0.2, 0) is 0 Å². The van der Waals surface area contributed by atoms with Gasteiger partial charge in [-0.2, -0.15) is 0 Å². The highest BCUT2D eigenvalue weighted by Crippen LogP contribution is 2.36. The minimum Gasteiger partial charge on any atom is -0.329 e. The molecule has 0 aromatic carbocycles. The third-order valence-corrected chi connectivity index (χ3v) is 4.97. The maximum Gasteiger partial charge on any atom is 0.0246 e. The first-order chi connectivity index (χ1) is 8.63. The van der Waals surface area contributed by atoms with Crippen molar-refractivity contribution >= 4 is 0 Å². The third-order valence-electron chi connectivity index (χ3n) is 4.97. The fourth-order valence-electron chi connectivity index (χ4n) is 3.47. The second-order valence-electron chi connectivity index (χ2n) is 6.52. The molecule has 106 valence electrons. The summed E-state index contributed by atoms with van der Waals surface area (Å²) in [6.07, 6.45) is 6.81. The van der Waals surface area contributed by atoms with Gasteiger partial charge in [0.25, 0.3) is 0 Å². The third kappa shape index (κ3) is 3.46. The molecule has 1 saturated carbocycles. The number of rotatable bonds is 5. The lowest BCUT2D eigenvalue weighted by Crippen LogP contribution is -2.46. The van der Waals surface area contributed by atoms with E-state index in [1.165, 1.54) is 45.2 Å². The average molecular weight is 253 g/mol. The molecule has 3 nitrogen and oxygen atoms in total. The predicted octanol–water partition coefficient (Wildman–Crippen LogP) is 1.92. The molecule has 1 saturated heterocycles. The van der Waals surface area contributed by atoms with E-state index in [1.54, 1.807) is 0 Å². The van der Waals surface area contributed by atoms with Gasteiger partial charge >= 0.3 is 0 Å². The van der Waals surface area contributed by atoms with Crippen LogP contribution in [0.1, 0.15) is 46.0 Å². The van der Waals surface area contributed by atoms with Crippen LogP contribution in [0.3, 0.4) is 0 Å². The predicted molar refractivity (Wildman–Crippen MR) is 77.7 cm³/mol. The molecule has 1 aliphatic heterocycles. The number of nitrogens with zero attached hydrogens (tertiary/aromatic N) is 2. The van der Waals surface area contributed by atoms with Gasteiger partial charge in [0.1, 0.15) is 0 Å². The van der Waals surface area contributed by atoms with Gasteiger partial charge in [0.2, 0.25) is 0 Å². The van der Waals surface area contributed by atoms with Crippen LogP contribution in [0.15, 0.2) is 0 Å². The molecule has 2 rings (SSSR count). The number of likely N-dealkylation sites (tertiary alicyclic amines) is 1. The molecular formula is C15H31N3. The molecule has 3 heteroatoms. The maximum absolute atomic E-state index is 5.98. The lowest BCUT2D eigenvalue weighted by Gasteiger charge is -2.34. The molecule has 0 aromatic rings. The smallest absolute Gasteiger partial charge is 0.0246 e. The van der Waals surface area contributed by atoms with E-state index in [9.17, 15) is 0 Å². The fraction of sp³-hybridized carbons (Fsp3) is 1.00. The van der Waals surface area contributed by atoms with Crippen molar-refractivity contribution in [2.75, 3.05) is 26.7 Å². The lowest BCUT2D eigenvalue weighted by molar-refractivity contribution is 0.142. The molecule has 1 aliphatic carbocycles. The number of hydrogen-bond acceptors (Lipinski definition) is 3. The van der Waals surface area contributed by atoms with E-state index < -0.39 is 0 Å². The monoisotopic (exact) mass is 253 g/mol. The Kier molecular flexibility index (Phi) is 5.05. The molecule has 0 amide bonds. The van der Waals surface area contributed by atoms with Gasteiger partial charge in [0.15, 0.2) is 0 Å². The van der Waals surface area contributed by atoms with Crippen LogP contribution >= 0.6 is 0 Å². The number of likely N-dealkylation sites (N-methyl/N-ethyl adjacent to an activating group) is 1. The first-order valence-corrected chi connectivity index (χ1v) is 7.79. The molecule has 2 N–H and O–H groups in total. The van der Waals surface area contributed by atoms with E-state index in [-0.39, 0.29) is 0 Å². The Morgan fingerprint density at radius 1 is 1.17 bits per heavy atom. The Balaban J connectivity index is 1.88. The summed E-state index contributed by atoms with van der Waals surface area (Å²) in [6, 6.07) is 2.09. The summed E-state index contributed by atoms with van der Waals surface area (Å²) in [5.74, 6) is 0.893. The Morgan fingerprint density at radius 2 is 1.89 bits per heavy atom. The highest BCUT2D eigenvalue weighted by Gasteiger charge is 2.35. The van der Waals surface area contributed by atoms with Crippen molar-refractivity contribution in [3.63, 3.8) is 0 Å². The molecule has 2 fully saturated rings. The van der Waals surface area contributed by atoms with Gasteiger partial charge in [-0.25, -0.2) is 0 Å². The Morgan fingerprint density at radius 3 is 2.44 bits per heavy atom. The molecule has 0 radical (unpaired) electrons. The molecule has 2 aliphatic rings. The molecule has 1 heterocycles. The van der Waals surface area contributed by atoms with Gasteiger partial charge in [0.05, 0.1) is 0 Å². The normalized spacial score (nSPS) is 28.7. The number of nitrogens with two attached hydrogens (primary N) is 1. The van der Waals surface area contributed by atoms with Crippen LogP contribution in [0, 0.1) is 5.92 Å². The average Bonchev–Trinajstić information content (AvgIpc) is 3.15. The van der Waals surface area contributed by atoms with E-state index in [2.05, 4.69) is 30.7 Å². The van der Waals surface area contributed by atoms with Crippen molar-refractivity contribution in [2.45, 2.75) is 64.1 Å². The topological polar surface area (TPSA) is 32.5 Å². The molecule has 0 aromatic heterocycles. The lowest BCUT2D eigenvalue weighted by atomic mass is 10.0. The van der Waals surface area contributed by atoms with Crippen LogP contribution in [0.4, 0.5) is 0 Å².